The molecule has 2 rings (SSSR count). The smallest absolute Gasteiger partial charge is 0.326 e. The number of ether oxygens (including phenoxy) is 2. The molecule has 1 aromatic carbocycles. The van der Waals surface area contributed by atoms with Crippen molar-refractivity contribution in [1.82, 2.24) is 0 Å². The zero-order chi connectivity index (χ0) is 16.3. The summed E-state index contributed by atoms with van der Waals surface area (Å²) in [6, 6.07) is 4.89. The molecular formula is C16H19NO5. The lowest BCUT2D eigenvalue weighted by molar-refractivity contribution is -0.146. The maximum atomic E-state index is 12.0. The first-order chi connectivity index (χ1) is 10.4. The van der Waals surface area contributed by atoms with Crippen LogP contribution < -0.4 is 9.64 Å². The number of benzene rings is 1. The van der Waals surface area contributed by atoms with E-state index in [1.165, 1.54) is 4.90 Å². The number of esters is 1. The Labute approximate surface area is 129 Å². The number of ketones is 1. The summed E-state index contributed by atoms with van der Waals surface area (Å²) in [7, 11) is 0. The third-order valence-electron chi connectivity index (χ3n) is 3.20. The van der Waals surface area contributed by atoms with E-state index in [1.54, 1.807) is 39.0 Å². The van der Waals surface area contributed by atoms with Gasteiger partial charge in [-0.1, -0.05) is 6.92 Å². The molecule has 0 saturated carbocycles. The van der Waals surface area contributed by atoms with E-state index >= 15 is 0 Å². The molecule has 0 N–H and O–H groups in total. The van der Waals surface area contributed by atoms with Crippen molar-refractivity contribution in [2.75, 3.05) is 18.1 Å². The van der Waals surface area contributed by atoms with Gasteiger partial charge in [-0.15, -0.1) is 0 Å². The highest BCUT2D eigenvalue weighted by atomic mass is 16.5. The van der Waals surface area contributed by atoms with E-state index in [9.17, 15) is 14.4 Å². The Bertz CT molecular complexity index is 609. The van der Waals surface area contributed by atoms with Crippen molar-refractivity contribution in [1.29, 1.82) is 0 Å². The summed E-state index contributed by atoms with van der Waals surface area (Å²) in [4.78, 5) is 37.0. The van der Waals surface area contributed by atoms with Crippen LogP contribution in [0.3, 0.4) is 0 Å². The first-order valence-electron chi connectivity index (χ1n) is 7.22. The lowest BCUT2D eigenvalue weighted by atomic mass is 10.1. The second kappa shape index (κ2) is 6.60. The highest BCUT2D eigenvalue weighted by Crippen LogP contribution is 2.33. The van der Waals surface area contributed by atoms with Crippen LogP contribution in [0, 0.1) is 0 Å². The van der Waals surface area contributed by atoms with Crippen LogP contribution in [0.25, 0.3) is 0 Å². The predicted octanol–water partition coefficient (Wildman–Crippen LogP) is 1.96. The number of hydrogen-bond donors (Lipinski definition) is 0. The van der Waals surface area contributed by atoms with Crippen molar-refractivity contribution in [2.24, 2.45) is 0 Å². The number of amides is 1. The lowest BCUT2D eigenvalue weighted by Gasteiger charge is -2.29. The van der Waals surface area contributed by atoms with Gasteiger partial charge in [0.15, 0.2) is 12.4 Å². The topological polar surface area (TPSA) is 72.9 Å². The second-order valence-electron chi connectivity index (χ2n) is 5.27. The van der Waals surface area contributed by atoms with Crippen molar-refractivity contribution in [2.45, 2.75) is 33.3 Å². The summed E-state index contributed by atoms with van der Waals surface area (Å²) in [6.07, 6.45) is 0.110. The van der Waals surface area contributed by atoms with Crippen molar-refractivity contribution in [3.63, 3.8) is 0 Å². The molecule has 0 saturated heterocycles. The summed E-state index contributed by atoms with van der Waals surface area (Å²) >= 11 is 0. The number of Topliss-reactive ketones (excluding diaryl/α,β-unsaturated/α-hetero) is 1. The van der Waals surface area contributed by atoms with Crippen LogP contribution in [0.2, 0.25) is 0 Å². The maximum Gasteiger partial charge on any atom is 0.326 e. The van der Waals surface area contributed by atoms with E-state index in [4.69, 9.17) is 9.47 Å². The molecule has 6 nitrogen and oxygen atoms in total. The molecule has 22 heavy (non-hydrogen) atoms. The molecule has 6 heteroatoms. The molecule has 0 unspecified atom stereocenters. The fourth-order valence-corrected chi connectivity index (χ4v) is 2.18. The van der Waals surface area contributed by atoms with Gasteiger partial charge in [0.2, 0.25) is 0 Å². The van der Waals surface area contributed by atoms with Gasteiger partial charge in [0.1, 0.15) is 12.3 Å². The average molecular weight is 305 g/mol. The summed E-state index contributed by atoms with van der Waals surface area (Å²) in [5.74, 6) is -0.396. The first-order valence-corrected chi connectivity index (χ1v) is 7.22. The number of rotatable bonds is 5. The summed E-state index contributed by atoms with van der Waals surface area (Å²) in [6.45, 7) is 4.91. The third-order valence-corrected chi connectivity index (χ3v) is 3.20. The standard InChI is InChI=1S/C16H19NO5/c1-4-13(18)11-5-6-14-12(7-11)17(15(19)9-21-14)8-16(20)22-10(2)3/h5-7,10H,4,8-9H2,1-3H3. The molecule has 1 heterocycles. The zero-order valence-electron chi connectivity index (χ0n) is 12.9. The van der Waals surface area contributed by atoms with Gasteiger partial charge in [-0.05, 0) is 32.0 Å². The average Bonchev–Trinajstić information content (AvgIpc) is 2.48. The number of carbonyl (C=O) groups excluding carboxylic acids is 3. The Balaban J connectivity index is 2.30. The van der Waals surface area contributed by atoms with Gasteiger partial charge in [0, 0.05) is 12.0 Å². The number of fused-ring (bicyclic) bond motifs is 1. The van der Waals surface area contributed by atoms with E-state index in [-0.39, 0.29) is 30.9 Å². The third kappa shape index (κ3) is 3.44. The molecule has 1 aliphatic heterocycles. The van der Waals surface area contributed by atoms with Gasteiger partial charge in [0.25, 0.3) is 5.91 Å². The molecule has 0 aliphatic carbocycles. The van der Waals surface area contributed by atoms with E-state index in [0.29, 0.717) is 23.4 Å². The normalized spacial score (nSPS) is 13.6. The Morgan fingerprint density at radius 3 is 2.73 bits per heavy atom. The first kappa shape index (κ1) is 16.0. The molecule has 0 spiro atoms. The molecule has 0 radical (unpaired) electrons. The maximum absolute atomic E-state index is 12.0. The highest BCUT2D eigenvalue weighted by Gasteiger charge is 2.28. The zero-order valence-corrected chi connectivity index (χ0v) is 12.9. The van der Waals surface area contributed by atoms with Crippen molar-refractivity contribution >= 4 is 23.3 Å². The van der Waals surface area contributed by atoms with Crippen molar-refractivity contribution in [3.05, 3.63) is 23.8 Å². The van der Waals surface area contributed by atoms with Gasteiger partial charge in [-0.2, -0.15) is 0 Å². The van der Waals surface area contributed by atoms with E-state index in [2.05, 4.69) is 0 Å². The van der Waals surface area contributed by atoms with E-state index in [0.717, 1.165) is 0 Å². The Morgan fingerprint density at radius 2 is 2.09 bits per heavy atom. The van der Waals surface area contributed by atoms with Crippen LogP contribution in [0.15, 0.2) is 18.2 Å². The summed E-state index contributed by atoms with van der Waals surface area (Å²) in [5.41, 5.74) is 0.915. The van der Waals surface area contributed by atoms with E-state index < -0.39 is 5.97 Å². The number of hydrogen-bond acceptors (Lipinski definition) is 5. The van der Waals surface area contributed by atoms with Crippen LogP contribution >= 0.6 is 0 Å². The minimum Gasteiger partial charge on any atom is -0.482 e. The number of carbonyl (C=O) groups is 3. The summed E-state index contributed by atoms with van der Waals surface area (Å²) < 4.78 is 10.4. The number of nitrogens with zero attached hydrogens (tertiary/aromatic N) is 1. The molecule has 0 fully saturated rings. The SMILES string of the molecule is CCC(=O)c1ccc2c(c1)N(CC(=O)OC(C)C)C(=O)CO2. The second-order valence-corrected chi connectivity index (χ2v) is 5.27. The van der Waals surface area contributed by atoms with Crippen LogP contribution in [0.1, 0.15) is 37.6 Å². The van der Waals surface area contributed by atoms with Gasteiger partial charge < -0.3 is 9.47 Å². The van der Waals surface area contributed by atoms with Crippen LogP contribution in [0.4, 0.5) is 5.69 Å². The molecule has 0 aromatic heterocycles. The fraction of sp³-hybridized carbons (Fsp3) is 0.438. The predicted molar refractivity (Wildman–Crippen MR) is 80.1 cm³/mol. The van der Waals surface area contributed by atoms with Gasteiger partial charge in [0.05, 0.1) is 11.8 Å². The van der Waals surface area contributed by atoms with Crippen molar-refractivity contribution in [3.8, 4) is 5.75 Å². The summed E-state index contributed by atoms with van der Waals surface area (Å²) in [5, 5.41) is 0. The molecule has 0 atom stereocenters. The Morgan fingerprint density at radius 1 is 1.36 bits per heavy atom. The van der Waals surface area contributed by atoms with Gasteiger partial charge in [-0.25, -0.2) is 0 Å². The largest absolute Gasteiger partial charge is 0.482 e. The molecule has 1 aliphatic rings. The number of anilines is 1. The molecule has 1 aromatic rings. The fourth-order valence-electron chi connectivity index (χ4n) is 2.18. The Kier molecular flexibility index (Phi) is 4.80. The highest BCUT2D eigenvalue weighted by molar-refractivity contribution is 6.03. The van der Waals surface area contributed by atoms with Crippen LogP contribution in [-0.2, 0) is 14.3 Å². The van der Waals surface area contributed by atoms with Crippen molar-refractivity contribution < 1.29 is 23.9 Å². The van der Waals surface area contributed by atoms with Crippen LogP contribution in [0.5, 0.6) is 5.75 Å². The minimum atomic E-state index is -0.497. The molecule has 0 bridgehead atoms. The lowest BCUT2D eigenvalue weighted by Crippen LogP contribution is -2.42. The van der Waals surface area contributed by atoms with E-state index in [1.807, 2.05) is 0 Å². The molecule has 1 amide bonds. The monoisotopic (exact) mass is 305 g/mol. The Hall–Kier alpha value is -2.37. The molecule has 118 valence electrons. The van der Waals surface area contributed by atoms with Crippen LogP contribution in [-0.4, -0.2) is 36.9 Å². The molecular weight excluding hydrogens is 286 g/mol. The van der Waals surface area contributed by atoms with Gasteiger partial charge in [-0.3, -0.25) is 19.3 Å². The van der Waals surface area contributed by atoms with Gasteiger partial charge >= 0.3 is 5.97 Å². The quantitative estimate of drug-likeness (QED) is 0.614. The minimum absolute atomic E-state index is 0.0365.